The molecule has 1 aromatic rings. The van der Waals surface area contributed by atoms with Crippen molar-refractivity contribution in [3.8, 4) is 0 Å². The molecule has 0 unspecified atom stereocenters. The van der Waals surface area contributed by atoms with Gasteiger partial charge in [0.05, 0.1) is 0 Å². The summed E-state index contributed by atoms with van der Waals surface area (Å²) in [7, 11) is 0. The molecule has 0 N–H and O–H groups in total. The maximum atomic E-state index is 12.5. The summed E-state index contributed by atoms with van der Waals surface area (Å²) >= 11 is -2.66. The molecule has 3 heteroatoms. The topological polar surface area (TPSA) is 34.1 Å². The number of unbranched alkanes of at least 4 members (excludes halogenated alkanes) is 3. The van der Waals surface area contributed by atoms with Gasteiger partial charge in [-0.05, 0) is 0 Å². The van der Waals surface area contributed by atoms with E-state index in [0.29, 0.717) is 5.92 Å². The first-order valence-electron chi connectivity index (χ1n) is 9.45. The van der Waals surface area contributed by atoms with Gasteiger partial charge in [-0.2, -0.15) is 0 Å². The third kappa shape index (κ3) is 3.68. The average Bonchev–Trinajstić information content (AvgIpc) is 3.36. The molecule has 1 aliphatic carbocycles. The van der Waals surface area contributed by atoms with E-state index < -0.39 is 18.4 Å². The summed E-state index contributed by atoms with van der Waals surface area (Å²) in [5, 5.41) is 0. The summed E-state index contributed by atoms with van der Waals surface area (Å²) in [5.41, 5.74) is 0.910. The molecule has 1 saturated carbocycles. The van der Waals surface area contributed by atoms with Crippen LogP contribution in [0.25, 0.3) is 0 Å². The maximum absolute atomic E-state index is 12.5. The quantitative estimate of drug-likeness (QED) is 0.404. The second kappa shape index (κ2) is 8.12. The molecule has 1 aromatic carbocycles. The van der Waals surface area contributed by atoms with Gasteiger partial charge in [-0.3, -0.25) is 0 Å². The molecule has 1 aliphatic rings. The molecule has 0 spiro atoms. The zero-order valence-electron chi connectivity index (χ0n) is 14.7. The molecule has 22 heavy (non-hydrogen) atoms. The van der Waals surface area contributed by atoms with E-state index in [1.165, 1.54) is 55.4 Å². The molecule has 0 bridgehead atoms. The van der Waals surface area contributed by atoms with Crippen LogP contribution in [0.15, 0.2) is 9.59 Å². The molecular formula is C19H32O2Sn. The van der Waals surface area contributed by atoms with Crippen molar-refractivity contribution in [3.05, 3.63) is 26.0 Å². The Kier molecular flexibility index (Phi) is 6.72. The number of hydrogen-bond acceptors (Lipinski definition) is 2. The Bertz CT molecular complexity index is 528. The van der Waals surface area contributed by atoms with Gasteiger partial charge >= 0.3 is 139 Å². The molecule has 0 atom stereocenters. The monoisotopic (exact) mass is 412 g/mol. The van der Waals surface area contributed by atoms with Crippen molar-refractivity contribution in [2.75, 3.05) is 0 Å². The molecule has 0 aliphatic heterocycles. The SMILES string of the molecule is CCC[CH2][Sn]([CH2]CCC)([CH2]CCC)[c]1c(C2CC2)c(=O)c1=O. The second-order valence-electron chi connectivity index (χ2n) is 7.31. The van der Waals surface area contributed by atoms with Gasteiger partial charge < -0.3 is 0 Å². The summed E-state index contributed by atoms with van der Waals surface area (Å²) in [5.74, 6) is 0.473. The Morgan fingerprint density at radius 3 is 1.64 bits per heavy atom. The van der Waals surface area contributed by atoms with Crippen LogP contribution in [0.1, 0.15) is 83.6 Å². The van der Waals surface area contributed by atoms with E-state index >= 15 is 0 Å². The first kappa shape index (κ1) is 18.2. The molecule has 124 valence electrons. The molecule has 0 amide bonds. The molecule has 0 aromatic heterocycles. The normalized spacial score (nSPS) is 15.6. The van der Waals surface area contributed by atoms with Crippen LogP contribution in [0.4, 0.5) is 0 Å². The first-order chi connectivity index (χ1) is 10.6. The van der Waals surface area contributed by atoms with Crippen LogP contribution >= 0.6 is 0 Å². The third-order valence-corrected chi connectivity index (χ3v) is 21.2. The van der Waals surface area contributed by atoms with Gasteiger partial charge in [-0.25, -0.2) is 0 Å². The standard InChI is InChI=1S/C7H5O2.3C4H9.Sn/c8-6-3-5(7(6)9)4-1-2-4;3*1-3-4-2;/h4H,1-2H2;3*1,3-4H2,2H3;. The van der Waals surface area contributed by atoms with E-state index in [0.717, 1.165) is 18.4 Å². The van der Waals surface area contributed by atoms with Gasteiger partial charge in [0.1, 0.15) is 0 Å². The molecule has 0 saturated heterocycles. The van der Waals surface area contributed by atoms with E-state index in [4.69, 9.17) is 0 Å². The van der Waals surface area contributed by atoms with Crippen molar-refractivity contribution < 1.29 is 0 Å². The zero-order valence-corrected chi connectivity index (χ0v) is 17.5. The predicted octanol–water partition coefficient (Wildman–Crippen LogP) is 4.22. The molecule has 0 heterocycles. The Labute approximate surface area is 139 Å². The number of rotatable bonds is 11. The van der Waals surface area contributed by atoms with Crippen molar-refractivity contribution >= 4 is 22.0 Å². The van der Waals surface area contributed by atoms with Crippen LogP contribution in [-0.2, 0) is 0 Å². The van der Waals surface area contributed by atoms with Crippen LogP contribution in [0.2, 0.25) is 13.3 Å². The summed E-state index contributed by atoms with van der Waals surface area (Å²) in [6.07, 6.45) is 9.71. The Morgan fingerprint density at radius 2 is 1.27 bits per heavy atom. The van der Waals surface area contributed by atoms with Crippen LogP contribution < -0.4 is 14.4 Å². The fourth-order valence-corrected chi connectivity index (χ4v) is 21.3. The minimum absolute atomic E-state index is 0.0407. The zero-order chi connectivity index (χ0) is 16.2. The predicted molar refractivity (Wildman–Crippen MR) is 97.9 cm³/mol. The van der Waals surface area contributed by atoms with Crippen molar-refractivity contribution in [1.82, 2.24) is 0 Å². The van der Waals surface area contributed by atoms with Crippen molar-refractivity contribution in [3.63, 3.8) is 0 Å². The Balaban J connectivity index is 2.38. The van der Waals surface area contributed by atoms with Crippen LogP contribution in [0.5, 0.6) is 0 Å². The number of hydrogen-bond donors (Lipinski definition) is 0. The Hall–Kier alpha value is -0.121. The van der Waals surface area contributed by atoms with E-state index in [9.17, 15) is 9.59 Å². The summed E-state index contributed by atoms with van der Waals surface area (Å²) in [6.45, 7) is 6.75. The van der Waals surface area contributed by atoms with Crippen LogP contribution in [-0.4, -0.2) is 18.4 Å². The molecule has 0 radical (unpaired) electrons. The van der Waals surface area contributed by atoms with Crippen LogP contribution in [0, 0.1) is 0 Å². The van der Waals surface area contributed by atoms with Gasteiger partial charge in [0.15, 0.2) is 0 Å². The summed E-state index contributed by atoms with van der Waals surface area (Å²) in [4.78, 5) is 24.6. The van der Waals surface area contributed by atoms with E-state index in [-0.39, 0.29) is 10.9 Å². The molecule has 2 nitrogen and oxygen atoms in total. The average molecular weight is 411 g/mol. The third-order valence-electron chi connectivity index (χ3n) is 5.49. The first-order valence-corrected chi connectivity index (χ1v) is 16.9. The summed E-state index contributed by atoms with van der Waals surface area (Å²) < 4.78 is 5.10. The molecule has 1 fully saturated rings. The molecule has 2 rings (SSSR count). The van der Waals surface area contributed by atoms with E-state index in [2.05, 4.69) is 20.8 Å². The van der Waals surface area contributed by atoms with Gasteiger partial charge in [0.2, 0.25) is 0 Å². The van der Waals surface area contributed by atoms with Gasteiger partial charge in [0, 0.05) is 0 Å². The minimum atomic E-state index is -2.66. The fraction of sp³-hybridized carbons (Fsp3) is 0.789. The van der Waals surface area contributed by atoms with Crippen molar-refractivity contribution in [2.45, 2.75) is 91.4 Å². The van der Waals surface area contributed by atoms with Crippen LogP contribution in [0.3, 0.4) is 0 Å². The summed E-state index contributed by atoms with van der Waals surface area (Å²) in [6, 6.07) is 0. The Morgan fingerprint density at radius 1 is 0.818 bits per heavy atom. The van der Waals surface area contributed by atoms with Gasteiger partial charge in [-0.15, -0.1) is 0 Å². The van der Waals surface area contributed by atoms with Crippen molar-refractivity contribution in [1.29, 1.82) is 0 Å². The van der Waals surface area contributed by atoms with E-state index in [1.54, 1.807) is 0 Å². The van der Waals surface area contributed by atoms with E-state index in [1.807, 2.05) is 0 Å². The van der Waals surface area contributed by atoms with Gasteiger partial charge in [-0.1, -0.05) is 0 Å². The molecular weight excluding hydrogens is 379 g/mol. The fourth-order valence-electron chi connectivity index (χ4n) is 3.99. The van der Waals surface area contributed by atoms with Gasteiger partial charge in [0.25, 0.3) is 0 Å². The van der Waals surface area contributed by atoms with Crippen molar-refractivity contribution in [2.24, 2.45) is 0 Å². The second-order valence-corrected chi connectivity index (χ2v) is 20.3.